The quantitative estimate of drug-likeness (QED) is 0.584. The van der Waals surface area contributed by atoms with Crippen LogP contribution in [-0.2, 0) is 16.1 Å². The van der Waals surface area contributed by atoms with E-state index in [2.05, 4.69) is 42.7 Å². The molecule has 1 aromatic rings. The number of hydrogen-bond acceptors (Lipinski definition) is 4. The average Bonchev–Trinajstić information content (AvgIpc) is 2.76. The van der Waals surface area contributed by atoms with Crippen molar-refractivity contribution < 1.29 is 9.59 Å². The summed E-state index contributed by atoms with van der Waals surface area (Å²) in [7, 11) is 0. The Hall–Kier alpha value is -1.72. The fraction of sp³-hybridized carbons (Fsp3) is 0.714. The summed E-state index contributed by atoms with van der Waals surface area (Å²) in [5.41, 5.74) is 2.61. The molecule has 1 aromatic carbocycles. The van der Waals surface area contributed by atoms with Crippen molar-refractivity contribution in [3.05, 3.63) is 29.8 Å². The second-order valence-electron chi connectivity index (χ2n) is 11.9. The Kier molecular flexibility index (Phi) is 7.91. The SMILES string of the molecule is CC(C)(C)CN1CCC(CC2CCN(Cc3cccc(N4CCC(=O)CC4=O)c3)CC2)CC1. The van der Waals surface area contributed by atoms with Gasteiger partial charge in [0.05, 0.1) is 6.42 Å². The fourth-order valence-corrected chi connectivity index (χ4v) is 5.97. The summed E-state index contributed by atoms with van der Waals surface area (Å²) in [6.07, 6.45) is 7.33. The maximum atomic E-state index is 12.3. The molecule has 182 valence electrons. The standard InChI is InChI=1S/C28H43N3O2/c1-28(2,3)21-30-14-9-23(10-15-30)17-22-7-12-29(13-8-22)20-24-5-4-6-25(18-24)31-16-11-26(32)19-27(31)33/h4-6,18,22-23H,7-17,19-21H2,1-3H3. The van der Waals surface area contributed by atoms with Crippen LogP contribution >= 0.6 is 0 Å². The van der Waals surface area contributed by atoms with Gasteiger partial charge in [0.2, 0.25) is 5.91 Å². The Bertz CT molecular complexity index is 815. The Balaban J connectivity index is 1.20. The molecule has 1 amide bonds. The van der Waals surface area contributed by atoms with Crippen molar-refractivity contribution in [1.82, 2.24) is 9.80 Å². The average molecular weight is 454 g/mol. The second-order valence-corrected chi connectivity index (χ2v) is 11.9. The minimum Gasteiger partial charge on any atom is -0.312 e. The van der Waals surface area contributed by atoms with E-state index in [0.717, 1.165) is 24.1 Å². The molecule has 3 heterocycles. The minimum absolute atomic E-state index is 0.0490. The minimum atomic E-state index is -0.0616. The van der Waals surface area contributed by atoms with E-state index < -0.39 is 0 Å². The molecule has 0 N–H and O–H groups in total. The molecule has 3 saturated heterocycles. The molecule has 4 rings (SSSR count). The number of amides is 1. The van der Waals surface area contributed by atoms with E-state index >= 15 is 0 Å². The maximum absolute atomic E-state index is 12.3. The van der Waals surface area contributed by atoms with E-state index in [9.17, 15) is 9.59 Å². The van der Waals surface area contributed by atoms with E-state index in [0.29, 0.717) is 18.4 Å². The normalized spacial score (nSPS) is 22.8. The third kappa shape index (κ3) is 7.13. The molecule has 0 unspecified atom stereocenters. The van der Waals surface area contributed by atoms with Gasteiger partial charge in [-0.15, -0.1) is 0 Å². The summed E-state index contributed by atoms with van der Waals surface area (Å²) in [5.74, 6) is 1.80. The van der Waals surface area contributed by atoms with Crippen molar-refractivity contribution in [3.8, 4) is 0 Å². The molecule has 5 heteroatoms. The number of hydrogen-bond donors (Lipinski definition) is 0. The number of rotatable bonds is 6. The summed E-state index contributed by atoms with van der Waals surface area (Å²) in [6.45, 7) is 14.6. The first kappa shape index (κ1) is 24.4. The smallest absolute Gasteiger partial charge is 0.234 e. The molecule has 0 aromatic heterocycles. The van der Waals surface area contributed by atoms with Gasteiger partial charge in [0.15, 0.2) is 0 Å². The largest absolute Gasteiger partial charge is 0.312 e. The number of Topliss-reactive ketones (excluding diaryl/α,β-unsaturated/α-hetero) is 1. The highest BCUT2D eigenvalue weighted by Gasteiger charge is 2.28. The number of carbonyl (C=O) groups is 2. The lowest BCUT2D eigenvalue weighted by molar-refractivity contribution is -0.128. The van der Waals surface area contributed by atoms with E-state index in [1.165, 1.54) is 70.4 Å². The summed E-state index contributed by atoms with van der Waals surface area (Å²) in [4.78, 5) is 30.8. The molecule has 3 aliphatic rings. The number of ketones is 1. The highest BCUT2D eigenvalue weighted by atomic mass is 16.2. The van der Waals surface area contributed by atoms with Gasteiger partial charge in [0.25, 0.3) is 0 Å². The lowest BCUT2D eigenvalue weighted by Crippen LogP contribution is -2.40. The van der Waals surface area contributed by atoms with Crippen LogP contribution < -0.4 is 4.90 Å². The van der Waals surface area contributed by atoms with Gasteiger partial charge in [0.1, 0.15) is 5.78 Å². The molecule has 0 spiro atoms. The van der Waals surface area contributed by atoms with E-state index in [4.69, 9.17) is 0 Å². The molecule has 3 aliphatic heterocycles. The number of likely N-dealkylation sites (tertiary alicyclic amines) is 2. The van der Waals surface area contributed by atoms with Crippen molar-refractivity contribution in [2.45, 2.75) is 72.3 Å². The van der Waals surface area contributed by atoms with Crippen LogP contribution in [0.3, 0.4) is 0 Å². The first-order valence-corrected chi connectivity index (χ1v) is 13.1. The Morgan fingerprint density at radius 1 is 0.879 bits per heavy atom. The number of carbonyl (C=O) groups excluding carboxylic acids is 2. The van der Waals surface area contributed by atoms with E-state index in [1.807, 2.05) is 12.1 Å². The third-order valence-electron chi connectivity index (χ3n) is 7.67. The molecular weight excluding hydrogens is 410 g/mol. The molecule has 5 nitrogen and oxygen atoms in total. The monoisotopic (exact) mass is 453 g/mol. The molecule has 3 fully saturated rings. The fourth-order valence-electron chi connectivity index (χ4n) is 5.97. The third-order valence-corrected chi connectivity index (χ3v) is 7.67. The van der Waals surface area contributed by atoms with Crippen LogP contribution in [0.4, 0.5) is 5.69 Å². The topological polar surface area (TPSA) is 43.9 Å². The number of anilines is 1. The van der Waals surface area contributed by atoms with Crippen molar-refractivity contribution in [3.63, 3.8) is 0 Å². The molecule has 0 aliphatic carbocycles. The molecule has 33 heavy (non-hydrogen) atoms. The summed E-state index contributed by atoms with van der Waals surface area (Å²) >= 11 is 0. The Labute approximate surface area is 200 Å². The highest BCUT2D eigenvalue weighted by molar-refractivity contribution is 6.08. The van der Waals surface area contributed by atoms with Crippen LogP contribution in [0.5, 0.6) is 0 Å². The van der Waals surface area contributed by atoms with Gasteiger partial charge >= 0.3 is 0 Å². The van der Waals surface area contributed by atoms with Crippen LogP contribution in [0.25, 0.3) is 0 Å². The summed E-state index contributed by atoms with van der Waals surface area (Å²) in [6, 6.07) is 8.36. The summed E-state index contributed by atoms with van der Waals surface area (Å²) in [5, 5.41) is 0. The zero-order valence-electron chi connectivity index (χ0n) is 21.0. The highest BCUT2D eigenvalue weighted by Crippen LogP contribution is 2.31. The molecule has 0 atom stereocenters. The van der Waals surface area contributed by atoms with Crippen molar-refractivity contribution >= 4 is 17.4 Å². The Morgan fingerprint density at radius 3 is 2.12 bits per heavy atom. The number of piperidine rings is 3. The van der Waals surface area contributed by atoms with Crippen LogP contribution in [-0.4, -0.2) is 60.8 Å². The van der Waals surface area contributed by atoms with Crippen LogP contribution in [0.2, 0.25) is 0 Å². The lowest BCUT2D eigenvalue weighted by Gasteiger charge is -2.38. The van der Waals surface area contributed by atoms with Crippen molar-refractivity contribution in [1.29, 1.82) is 0 Å². The first-order valence-electron chi connectivity index (χ1n) is 13.1. The predicted octanol–water partition coefficient (Wildman–Crippen LogP) is 4.74. The molecule has 0 bridgehead atoms. The summed E-state index contributed by atoms with van der Waals surface area (Å²) < 4.78 is 0. The van der Waals surface area contributed by atoms with Crippen molar-refractivity contribution in [2.75, 3.05) is 44.2 Å². The molecule has 0 radical (unpaired) electrons. The van der Waals surface area contributed by atoms with Crippen LogP contribution in [0, 0.1) is 17.3 Å². The zero-order valence-corrected chi connectivity index (χ0v) is 21.0. The molecular formula is C28H43N3O2. The zero-order chi connectivity index (χ0) is 23.4. The first-order chi connectivity index (χ1) is 15.7. The number of nitrogens with zero attached hydrogens (tertiary/aromatic N) is 3. The van der Waals surface area contributed by atoms with Gasteiger partial charge in [-0.25, -0.2) is 0 Å². The number of benzene rings is 1. The maximum Gasteiger partial charge on any atom is 0.234 e. The van der Waals surface area contributed by atoms with E-state index in [1.54, 1.807) is 4.90 Å². The lowest BCUT2D eigenvalue weighted by atomic mass is 9.82. The van der Waals surface area contributed by atoms with Crippen LogP contribution in [0.15, 0.2) is 24.3 Å². The van der Waals surface area contributed by atoms with Gasteiger partial charge in [-0.05, 0) is 93.2 Å². The van der Waals surface area contributed by atoms with Crippen LogP contribution in [0.1, 0.15) is 71.3 Å². The predicted molar refractivity (Wildman–Crippen MR) is 134 cm³/mol. The van der Waals surface area contributed by atoms with E-state index in [-0.39, 0.29) is 18.1 Å². The van der Waals surface area contributed by atoms with Gasteiger partial charge in [0, 0.05) is 31.7 Å². The van der Waals surface area contributed by atoms with Gasteiger partial charge in [-0.1, -0.05) is 32.9 Å². The second kappa shape index (κ2) is 10.7. The van der Waals surface area contributed by atoms with Gasteiger partial charge in [-0.3, -0.25) is 14.5 Å². The van der Waals surface area contributed by atoms with Gasteiger partial charge in [-0.2, -0.15) is 0 Å². The van der Waals surface area contributed by atoms with Gasteiger partial charge < -0.3 is 9.80 Å². The Morgan fingerprint density at radius 2 is 1.52 bits per heavy atom. The van der Waals surface area contributed by atoms with Crippen molar-refractivity contribution in [2.24, 2.45) is 17.3 Å². The molecule has 0 saturated carbocycles.